The van der Waals surface area contributed by atoms with Crippen molar-refractivity contribution in [3.63, 3.8) is 0 Å². The van der Waals surface area contributed by atoms with Gasteiger partial charge in [-0.3, -0.25) is 4.98 Å². The van der Waals surface area contributed by atoms with Crippen molar-refractivity contribution >= 4 is 0 Å². The molecule has 160 valence electrons. The van der Waals surface area contributed by atoms with Crippen LogP contribution in [0, 0.1) is 18.8 Å². The highest BCUT2D eigenvalue weighted by molar-refractivity contribution is 5.67. The Kier molecular flexibility index (Phi) is 5.40. The first-order valence-electron chi connectivity index (χ1n) is 10.7. The second-order valence-electron chi connectivity index (χ2n) is 8.31. The molecule has 0 aliphatic heterocycles. The lowest BCUT2D eigenvalue weighted by Gasteiger charge is -2.11. The summed E-state index contributed by atoms with van der Waals surface area (Å²) in [7, 11) is 1.65. The molecule has 3 aromatic heterocycles. The normalized spacial score (nSPS) is 19.7. The molecule has 0 aromatic carbocycles. The molecule has 2 fully saturated rings. The molecular formula is C24H26N4O3. The van der Waals surface area contributed by atoms with Crippen LogP contribution in [-0.2, 0) is 0 Å². The van der Waals surface area contributed by atoms with Gasteiger partial charge in [0.05, 0.1) is 32.1 Å². The van der Waals surface area contributed by atoms with Gasteiger partial charge in [0.15, 0.2) is 0 Å². The minimum Gasteiger partial charge on any atom is -0.495 e. The van der Waals surface area contributed by atoms with E-state index < -0.39 is 0 Å². The number of rotatable bonds is 9. The number of hydrogen-bond acceptors (Lipinski definition) is 7. The molecule has 0 N–H and O–H groups in total. The average Bonchev–Trinajstić information content (AvgIpc) is 3.73. The van der Waals surface area contributed by atoms with Crippen LogP contribution < -0.4 is 14.2 Å². The zero-order valence-corrected chi connectivity index (χ0v) is 17.8. The number of aryl methyl sites for hydroxylation is 1. The van der Waals surface area contributed by atoms with Gasteiger partial charge in [-0.25, -0.2) is 9.97 Å². The standard InChI is InChI=1S/C24H26N4O3/c1-15-25-12-21(17-5-8-23(27-10-17)30-13-16-3-4-16)24(28-15)31-14-18-9-20(18)22-7-6-19(29-2)11-26-22/h5-8,10-12,16,18,20H,3-4,9,13-14H2,1-2H3. The molecule has 31 heavy (non-hydrogen) atoms. The monoisotopic (exact) mass is 418 g/mol. The van der Waals surface area contributed by atoms with E-state index in [9.17, 15) is 0 Å². The quantitative estimate of drug-likeness (QED) is 0.515. The first-order chi connectivity index (χ1) is 15.2. The number of aromatic nitrogens is 4. The van der Waals surface area contributed by atoms with Gasteiger partial charge in [-0.15, -0.1) is 0 Å². The van der Waals surface area contributed by atoms with Crippen molar-refractivity contribution in [2.45, 2.75) is 32.1 Å². The third-order valence-corrected chi connectivity index (χ3v) is 5.82. The summed E-state index contributed by atoms with van der Waals surface area (Å²) in [6, 6.07) is 7.86. The Hall–Kier alpha value is -3.22. The van der Waals surface area contributed by atoms with Gasteiger partial charge in [-0.1, -0.05) is 0 Å². The molecule has 2 aliphatic rings. The van der Waals surface area contributed by atoms with E-state index in [0.29, 0.717) is 41.9 Å². The maximum Gasteiger partial charge on any atom is 0.224 e. The topological polar surface area (TPSA) is 79.2 Å². The molecule has 0 amide bonds. The van der Waals surface area contributed by atoms with Crippen molar-refractivity contribution in [3.05, 3.63) is 54.4 Å². The van der Waals surface area contributed by atoms with E-state index >= 15 is 0 Å². The second-order valence-corrected chi connectivity index (χ2v) is 8.31. The van der Waals surface area contributed by atoms with Gasteiger partial charge in [-0.2, -0.15) is 4.98 Å². The lowest BCUT2D eigenvalue weighted by atomic mass is 10.1. The van der Waals surface area contributed by atoms with Gasteiger partial charge in [0, 0.05) is 41.6 Å². The van der Waals surface area contributed by atoms with Crippen LogP contribution in [0.25, 0.3) is 11.1 Å². The van der Waals surface area contributed by atoms with Crippen LogP contribution >= 0.6 is 0 Å². The van der Waals surface area contributed by atoms with E-state index in [2.05, 4.69) is 19.9 Å². The molecular weight excluding hydrogens is 392 g/mol. The van der Waals surface area contributed by atoms with Gasteiger partial charge in [0.25, 0.3) is 0 Å². The Labute approximate surface area is 181 Å². The molecule has 2 unspecified atom stereocenters. The minimum atomic E-state index is 0.418. The Bertz CT molecular complexity index is 1040. The van der Waals surface area contributed by atoms with Crippen molar-refractivity contribution in [2.24, 2.45) is 11.8 Å². The SMILES string of the molecule is COc1ccc(C2CC2COc2nc(C)ncc2-c2ccc(OCC3CC3)nc2)nc1. The summed E-state index contributed by atoms with van der Waals surface area (Å²) in [5.41, 5.74) is 2.84. The van der Waals surface area contributed by atoms with E-state index in [1.165, 1.54) is 12.8 Å². The molecule has 0 spiro atoms. The van der Waals surface area contributed by atoms with Crippen molar-refractivity contribution in [3.8, 4) is 28.6 Å². The fraction of sp³-hybridized carbons (Fsp3) is 0.417. The highest BCUT2D eigenvalue weighted by atomic mass is 16.5. The Morgan fingerprint density at radius 1 is 0.935 bits per heavy atom. The first-order valence-corrected chi connectivity index (χ1v) is 10.7. The summed E-state index contributed by atoms with van der Waals surface area (Å²) in [5.74, 6) is 4.25. The Morgan fingerprint density at radius 2 is 1.84 bits per heavy atom. The maximum atomic E-state index is 6.15. The zero-order chi connectivity index (χ0) is 21.2. The molecule has 2 aliphatic carbocycles. The van der Waals surface area contributed by atoms with Crippen molar-refractivity contribution in [2.75, 3.05) is 20.3 Å². The predicted molar refractivity (Wildman–Crippen MR) is 115 cm³/mol. The third-order valence-electron chi connectivity index (χ3n) is 5.82. The van der Waals surface area contributed by atoms with E-state index in [4.69, 9.17) is 14.2 Å². The van der Waals surface area contributed by atoms with Crippen molar-refractivity contribution < 1.29 is 14.2 Å². The summed E-state index contributed by atoms with van der Waals surface area (Å²) in [4.78, 5) is 17.8. The Balaban J connectivity index is 1.24. The predicted octanol–water partition coefficient (Wildman–Crippen LogP) is 4.22. The maximum absolute atomic E-state index is 6.15. The number of pyridine rings is 2. The van der Waals surface area contributed by atoms with E-state index in [-0.39, 0.29) is 0 Å². The van der Waals surface area contributed by atoms with Crippen LogP contribution in [0.15, 0.2) is 42.9 Å². The summed E-state index contributed by atoms with van der Waals surface area (Å²) in [5, 5.41) is 0. The van der Waals surface area contributed by atoms with Gasteiger partial charge < -0.3 is 14.2 Å². The molecule has 2 atom stereocenters. The first kappa shape index (κ1) is 19.7. The largest absolute Gasteiger partial charge is 0.495 e. The number of hydrogen-bond donors (Lipinski definition) is 0. The molecule has 7 nitrogen and oxygen atoms in total. The highest BCUT2D eigenvalue weighted by Crippen LogP contribution is 2.47. The van der Waals surface area contributed by atoms with Crippen LogP contribution in [0.1, 0.15) is 36.7 Å². The molecule has 0 saturated heterocycles. The zero-order valence-electron chi connectivity index (χ0n) is 17.8. The van der Waals surface area contributed by atoms with Crippen LogP contribution in [0.2, 0.25) is 0 Å². The van der Waals surface area contributed by atoms with Crippen LogP contribution in [0.3, 0.4) is 0 Å². The van der Waals surface area contributed by atoms with Crippen molar-refractivity contribution in [1.82, 2.24) is 19.9 Å². The fourth-order valence-corrected chi connectivity index (χ4v) is 3.58. The number of methoxy groups -OCH3 is 1. The molecule has 2 saturated carbocycles. The van der Waals surface area contributed by atoms with Crippen LogP contribution in [0.4, 0.5) is 0 Å². The summed E-state index contributed by atoms with van der Waals surface area (Å²) >= 11 is 0. The van der Waals surface area contributed by atoms with Crippen molar-refractivity contribution in [1.29, 1.82) is 0 Å². The van der Waals surface area contributed by atoms with Gasteiger partial charge in [-0.05, 0) is 50.3 Å². The van der Waals surface area contributed by atoms with Gasteiger partial charge >= 0.3 is 0 Å². The number of nitrogens with zero attached hydrogens (tertiary/aromatic N) is 4. The fourth-order valence-electron chi connectivity index (χ4n) is 3.58. The van der Waals surface area contributed by atoms with Crippen LogP contribution in [-0.4, -0.2) is 40.3 Å². The third kappa shape index (κ3) is 4.76. The van der Waals surface area contributed by atoms with E-state index in [0.717, 1.165) is 35.6 Å². The number of ether oxygens (including phenoxy) is 3. The smallest absolute Gasteiger partial charge is 0.224 e. The van der Waals surface area contributed by atoms with Gasteiger partial charge in [0.1, 0.15) is 11.6 Å². The molecule has 7 heteroatoms. The molecule has 3 aromatic rings. The summed E-state index contributed by atoms with van der Waals surface area (Å²) in [6.45, 7) is 3.21. The molecule has 3 heterocycles. The second kappa shape index (κ2) is 8.49. The highest BCUT2D eigenvalue weighted by Gasteiger charge is 2.40. The summed E-state index contributed by atoms with van der Waals surface area (Å²) in [6.07, 6.45) is 8.95. The lowest BCUT2D eigenvalue weighted by Crippen LogP contribution is -2.06. The minimum absolute atomic E-state index is 0.418. The average molecular weight is 418 g/mol. The Morgan fingerprint density at radius 3 is 2.55 bits per heavy atom. The lowest BCUT2D eigenvalue weighted by molar-refractivity contribution is 0.285. The van der Waals surface area contributed by atoms with Crippen LogP contribution in [0.5, 0.6) is 17.5 Å². The van der Waals surface area contributed by atoms with E-state index in [1.807, 2.05) is 31.2 Å². The molecule has 5 rings (SSSR count). The molecule has 0 bridgehead atoms. The molecule has 0 radical (unpaired) electrons. The van der Waals surface area contributed by atoms with E-state index in [1.54, 1.807) is 25.7 Å². The summed E-state index contributed by atoms with van der Waals surface area (Å²) < 4.78 is 17.1. The van der Waals surface area contributed by atoms with Gasteiger partial charge in [0.2, 0.25) is 11.8 Å².